The fraction of sp³-hybridized carbons (Fsp3) is 0.161. The molecule has 0 saturated carbocycles. The molecule has 0 fully saturated rings. The molecule has 4 rings (SSSR count). The zero-order chi connectivity index (χ0) is 26.0. The van der Waals surface area contributed by atoms with Crippen LogP contribution in [0.15, 0.2) is 108 Å². The van der Waals surface area contributed by atoms with Crippen LogP contribution in [-0.2, 0) is 17.8 Å². The van der Waals surface area contributed by atoms with Gasteiger partial charge in [0.05, 0.1) is 14.2 Å². The van der Waals surface area contributed by atoms with Gasteiger partial charge >= 0.3 is 0 Å². The maximum Gasteiger partial charge on any atom is 0.271 e. The van der Waals surface area contributed by atoms with E-state index in [0.29, 0.717) is 36.6 Å². The molecular weight excluding hydrogens is 464 g/mol. The van der Waals surface area contributed by atoms with E-state index in [0.717, 1.165) is 11.1 Å². The number of nitrogens with zero attached hydrogens (tertiary/aromatic N) is 2. The number of hydrogen-bond acceptors (Lipinski definition) is 4. The van der Waals surface area contributed by atoms with E-state index in [-0.39, 0.29) is 17.2 Å². The van der Waals surface area contributed by atoms with Gasteiger partial charge in [0.1, 0.15) is 5.70 Å². The van der Waals surface area contributed by atoms with Crippen LogP contribution in [-0.4, -0.2) is 36.1 Å². The van der Waals surface area contributed by atoms with E-state index in [1.807, 2.05) is 66.7 Å². The Hall–Kier alpha value is -4.58. The van der Waals surface area contributed by atoms with Crippen LogP contribution in [0.5, 0.6) is 11.5 Å². The van der Waals surface area contributed by atoms with Crippen molar-refractivity contribution >= 4 is 17.7 Å². The fourth-order valence-electron chi connectivity index (χ4n) is 4.09. The first-order chi connectivity index (χ1) is 18.1. The van der Waals surface area contributed by atoms with Gasteiger partial charge in [-0.05, 0) is 47.4 Å². The molecule has 0 unspecified atom stereocenters. The summed E-state index contributed by atoms with van der Waals surface area (Å²) in [5, 5.41) is 0. The molecule has 0 bridgehead atoms. The Morgan fingerprint density at radius 1 is 0.811 bits per heavy atom. The number of rotatable bonds is 10. The second-order valence-corrected chi connectivity index (χ2v) is 8.50. The highest BCUT2D eigenvalue weighted by Gasteiger charge is 2.21. The van der Waals surface area contributed by atoms with Gasteiger partial charge in [0.15, 0.2) is 11.5 Å². The lowest BCUT2D eigenvalue weighted by Gasteiger charge is -2.25. The highest BCUT2D eigenvalue weighted by Crippen LogP contribution is 2.29. The molecule has 6 heteroatoms. The number of aromatic nitrogens is 1. The SMILES string of the molecule is COc1ccc(C=C(C(=O)N(CCc2ccccc2)Cc2ccccc2)n2ccccc2=O)cc1OC. The van der Waals surface area contributed by atoms with Crippen molar-refractivity contribution in [3.05, 3.63) is 130 Å². The molecule has 1 heterocycles. The van der Waals surface area contributed by atoms with Crippen LogP contribution in [0.25, 0.3) is 11.8 Å². The van der Waals surface area contributed by atoms with Gasteiger partial charge in [-0.25, -0.2) is 0 Å². The number of hydrogen-bond donors (Lipinski definition) is 0. The van der Waals surface area contributed by atoms with Crippen LogP contribution < -0.4 is 15.0 Å². The number of benzene rings is 3. The topological polar surface area (TPSA) is 60.8 Å². The smallest absolute Gasteiger partial charge is 0.271 e. The zero-order valence-corrected chi connectivity index (χ0v) is 21.0. The third-order valence-electron chi connectivity index (χ3n) is 6.03. The van der Waals surface area contributed by atoms with Gasteiger partial charge in [-0.3, -0.25) is 14.2 Å². The van der Waals surface area contributed by atoms with Gasteiger partial charge in [0.2, 0.25) is 0 Å². The highest BCUT2D eigenvalue weighted by molar-refractivity contribution is 6.18. The zero-order valence-electron chi connectivity index (χ0n) is 21.0. The lowest BCUT2D eigenvalue weighted by Crippen LogP contribution is -2.36. The average Bonchev–Trinajstić information content (AvgIpc) is 2.95. The van der Waals surface area contributed by atoms with Crippen molar-refractivity contribution in [3.63, 3.8) is 0 Å². The van der Waals surface area contributed by atoms with Crippen molar-refractivity contribution in [1.29, 1.82) is 0 Å². The predicted octanol–water partition coefficient (Wildman–Crippen LogP) is 5.14. The van der Waals surface area contributed by atoms with E-state index in [9.17, 15) is 9.59 Å². The van der Waals surface area contributed by atoms with E-state index < -0.39 is 0 Å². The lowest BCUT2D eigenvalue weighted by molar-refractivity contribution is -0.126. The molecule has 0 atom stereocenters. The number of methoxy groups -OCH3 is 2. The summed E-state index contributed by atoms with van der Waals surface area (Å²) in [6.07, 6.45) is 4.02. The summed E-state index contributed by atoms with van der Waals surface area (Å²) in [6, 6.07) is 30.1. The van der Waals surface area contributed by atoms with Gasteiger partial charge in [-0.1, -0.05) is 72.8 Å². The van der Waals surface area contributed by atoms with Crippen molar-refractivity contribution < 1.29 is 14.3 Å². The Balaban J connectivity index is 1.76. The molecule has 188 valence electrons. The van der Waals surface area contributed by atoms with E-state index in [1.165, 1.54) is 10.6 Å². The molecule has 4 aromatic rings. The summed E-state index contributed by atoms with van der Waals surface area (Å²) >= 11 is 0. The summed E-state index contributed by atoms with van der Waals surface area (Å²) in [4.78, 5) is 28.8. The number of carbonyl (C=O) groups is 1. The van der Waals surface area contributed by atoms with Crippen molar-refractivity contribution in [2.24, 2.45) is 0 Å². The lowest BCUT2D eigenvalue weighted by atomic mass is 10.1. The summed E-state index contributed by atoms with van der Waals surface area (Å²) in [5.41, 5.74) is 2.82. The molecule has 0 radical (unpaired) electrons. The third-order valence-corrected chi connectivity index (χ3v) is 6.03. The number of ether oxygens (including phenoxy) is 2. The third kappa shape index (κ3) is 6.55. The van der Waals surface area contributed by atoms with Crippen LogP contribution in [0.4, 0.5) is 0 Å². The van der Waals surface area contributed by atoms with Gasteiger partial charge in [0.25, 0.3) is 11.5 Å². The number of pyridine rings is 1. The summed E-state index contributed by atoms with van der Waals surface area (Å²) in [7, 11) is 3.13. The van der Waals surface area contributed by atoms with Crippen molar-refractivity contribution in [2.75, 3.05) is 20.8 Å². The predicted molar refractivity (Wildman–Crippen MR) is 146 cm³/mol. The standard InChI is InChI=1S/C31H30N2O4/c1-36-28-17-16-26(22-29(28)37-2)21-27(33-19-10-9-15-30(33)34)31(35)32(23-25-13-7-4-8-14-25)20-18-24-11-5-3-6-12-24/h3-17,19,21-22H,18,20,23H2,1-2H3. The quantitative estimate of drug-likeness (QED) is 0.287. The van der Waals surface area contributed by atoms with Crippen molar-refractivity contribution in [1.82, 2.24) is 9.47 Å². The maximum atomic E-state index is 14.1. The first kappa shape index (κ1) is 25.5. The largest absolute Gasteiger partial charge is 0.493 e. The molecule has 1 aromatic heterocycles. The van der Waals surface area contributed by atoms with E-state index in [2.05, 4.69) is 0 Å². The molecule has 3 aromatic carbocycles. The van der Waals surface area contributed by atoms with E-state index in [1.54, 1.807) is 55.7 Å². The molecule has 0 N–H and O–H groups in total. The van der Waals surface area contributed by atoms with Crippen molar-refractivity contribution in [3.8, 4) is 11.5 Å². The second kappa shape index (κ2) is 12.4. The first-order valence-electron chi connectivity index (χ1n) is 12.1. The minimum absolute atomic E-state index is 0.247. The minimum Gasteiger partial charge on any atom is -0.493 e. The van der Waals surface area contributed by atoms with Gasteiger partial charge in [-0.15, -0.1) is 0 Å². The molecule has 0 aliphatic heterocycles. The Kier molecular flexibility index (Phi) is 8.55. The van der Waals surface area contributed by atoms with Gasteiger partial charge < -0.3 is 14.4 Å². The summed E-state index contributed by atoms with van der Waals surface area (Å²) < 4.78 is 12.2. The van der Waals surface area contributed by atoms with Crippen LogP contribution in [0, 0.1) is 0 Å². The Bertz CT molecular complexity index is 1410. The maximum absolute atomic E-state index is 14.1. The number of amides is 1. The Labute approximate surface area is 217 Å². The molecule has 1 amide bonds. The average molecular weight is 495 g/mol. The fourth-order valence-corrected chi connectivity index (χ4v) is 4.09. The molecule has 6 nitrogen and oxygen atoms in total. The molecule has 0 aliphatic carbocycles. The molecule has 0 saturated heterocycles. The summed E-state index contributed by atoms with van der Waals surface area (Å²) in [6.45, 7) is 0.903. The van der Waals surface area contributed by atoms with E-state index >= 15 is 0 Å². The molecule has 0 aliphatic rings. The minimum atomic E-state index is -0.287. The summed E-state index contributed by atoms with van der Waals surface area (Å²) in [5.74, 6) is 0.870. The molecule has 0 spiro atoms. The van der Waals surface area contributed by atoms with Crippen LogP contribution in [0.1, 0.15) is 16.7 Å². The van der Waals surface area contributed by atoms with Crippen LogP contribution >= 0.6 is 0 Å². The molecular formula is C31H30N2O4. The second-order valence-electron chi connectivity index (χ2n) is 8.50. The van der Waals surface area contributed by atoms with Crippen LogP contribution in [0.3, 0.4) is 0 Å². The van der Waals surface area contributed by atoms with Gasteiger partial charge in [-0.2, -0.15) is 0 Å². The normalized spacial score (nSPS) is 11.1. The highest BCUT2D eigenvalue weighted by atomic mass is 16.5. The Morgan fingerprint density at radius 2 is 1.46 bits per heavy atom. The Morgan fingerprint density at radius 3 is 2.11 bits per heavy atom. The monoisotopic (exact) mass is 494 g/mol. The van der Waals surface area contributed by atoms with Crippen molar-refractivity contribution in [2.45, 2.75) is 13.0 Å². The first-order valence-corrected chi connectivity index (χ1v) is 12.1. The van der Waals surface area contributed by atoms with E-state index in [4.69, 9.17) is 9.47 Å². The molecule has 37 heavy (non-hydrogen) atoms. The van der Waals surface area contributed by atoms with Crippen LogP contribution in [0.2, 0.25) is 0 Å². The van der Waals surface area contributed by atoms with Gasteiger partial charge in [0, 0.05) is 25.4 Å². The number of carbonyl (C=O) groups excluding carboxylic acids is 1.